The summed E-state index contributed by atoms with van der Waals surface area (Å²) in [5.74, 6) is 0.0608. The van der Waals surface area contributed by atoms with E-state index in [1.54, 1.807) is 31.4 Å². The van der Waals surface area contributed by atoms with Gasteiger partial charge < -0.3 is 36.7 Å². The van der Waals surface area contributed by atoms with Crippen molar-refractivity contribution in [3.05, 3.63) is 119 Å². The molecule has 0 spiro atoms. The first-order valence-electron chi connectivity index (χ1n) is 13.5. The number of ether oxygens (including phenoxy) is 2. The fourth-order valence-electron chi connectivity index (χ4n) is 4.05. The molecule has 1 atom stereocenters. The van der Waals surface area contributed by atoms with Gasteiger partial charge in [-0.05, 0) is 71.6 Å². The first kappa shape index (κ1) is 32.0. The number of aliphatic carboxylic acids is 1. The minimum Gasteiger partial charge on any atom is -0.493 e. The van der Waals surface area contributed by atoms with Gasteiger partial charge >= 0.3 is 0 Å². The van der Waals surface area contributed by atoms with E-state index in [-0.39, 0.29) is 11.7 Å². The van der Waals surface area contributed by atoms with Crippen LogP contribution in [0, 0.1) is 5.41 Å². The van der Waals surface area contributed by atoms with Gasteiger partial charge in [0.25, 0.3) is 5.97 Å². The van der Waals surface area contributed by atoms with Gasteiger partial charge in [-0.1, -0.05) is 48.5 Å². The maximum Gasteiger partial charge on any atom is 0.300 e. The number of carbonyl (C=O) groups is 2. The Kier molecular flexibility index (Phi) is 12.0. The quantitative estimate of drug-likeness (QED) is 0.0788. The molecule has 0 radical (unpaired) electrons. The second-order valence-corrected chi connectivity index (χ2v) is 9.55. The third kappa shape index (κ3) is 10.4. The second kappa shape index (κ2) is 16.1. The zero-order chi connectivity index (χ0) is 31.2. The fourth-order valence-corrected chi connectivity index (χ4v) is 4.05. The van der Waals surface area contributed by atoms with Gasteiger partial charge in [0.2, 0.25) is 5.91 Å². The molecule has 10 heteroatoms. The fraction of sp³-hybridized carbons (Fsp3) is 0.182. The minimum atomic E-state index is -0.833. The molecule has 0 fully saturated rings. The van der Waals surface area contributed by atoms with Crippen LogP contribution in [0.3, 0.4) is 0 Å². The summed E-state index contributed by atoms with van der Waals surface area (Å²) in [6.07, 6.45) is 0.668. The van der Waals surface area contributed by atoms with Gasteiger partial charge in [0.1, 0.15) is 18.5 Å². The van der Waals surface area contributed by atoms with Crippen LogP contribution in [-0.4, -0.2) is 36.5 Å². The van der Waals surface area contributed by atoms with Crippen LogP contribution in [-0.2, 0) is 22.6 Å². The van der Waals surface area contributed by atoms with Crippen LogP contribution in [0.15, 0.2) is 97.1 Å². The number of carboxylic acids is 1. The van der Waals surface area contributed by atoms with Crippen LogP contribution in [0.25, 0.3) is 0 Å². The van der Waals surface area contributed by atoms with Crippen molar-refractivity contribution in [2.45, 2.75) is 26.0 Å². The number of carbonyl (C=O) groups excluding carboxylic acids is 1. The maximum atomic E-state index is 13.4. The van der Waals surface area contributed by atoms with Crippen molar-refractivity contribution in [1.29, 1.82) is 5.41 Å². The normalized spacial score (nSPS) is 10.8. The highest BCUT2D eigenvalue weighted by Gasteiger charge is 2.22. The molecule has 0 saturated carbocycles. The van der Waals surface area contributed by atoms with E-state index in [4.69, 9.17) is 36.3 Å². The SMILES string of the molecule is CC(=O)O.COc1cc(C(Nc2ccc(C(=N)N)cc2)C(=O)NCCc2ccc(N)cc2)ccc1OCc1ccccc1. The molecule has 0 aromatic heterocycles. The summed E-state index contributed by atoms with van der Waals surface area (Å²) in [6, 6.07) is 29.3. The molecular formula is C33H37N5O5. The smallest absolute Gasteiger partial charge is 0.300 e. The molecule has 0 saturated heterocycles. The van der Waals surface area contributed by atoms with Crippen molar-refractivity contribution in [1.82, 2.24) is 5.32 Å². The molecule has 4 rings (SSSR count). The van der Waals surface area contributed by atoms with Crippen molar-refractivity contribution in [2.75, 3.05) is 24.7 Å². The average Bonchev–Trinajstić information content (AvgIpc) is 3.00. The van der Waals surface area contributed by atoms with E-state index in [2.05, 4.69) is 10.6 Å². The van der Waals surface area contributed by atoms with E-state index >= 15 is 0 Å². The molecule has 4 aromatic carbocycles. The molecule has 0 heterocycles. The number of benzene rings is 4. The Morgan fingerprint density at radius 2 is 1.56 bits per heavy atom. The van der Waals surface area contributed by atoms with Crippen molar-refractivity contribution in [3.63, 3.8) is 0 Å². The lowest BCUT2D eigenvalue weighted by Crippen LogP contribution is -2.34. The van der Waals surface area contributed by atoms with E-state index < -0.39 is 12.0 Å². The number of nitrogens with one attached hydrogen (secondary N) is 3. The van der Waals surface area contributed by atoms with Crippen LogP contribution in [0.2, 0.25) is 0 Å². The number of hydrogen-bond acceptors (Lipinski definition) is 7. The number of nitrogens with two attached hydrogens (primary N) is 2. The largest absolute Gasteiger partial charge is 0.493 e. The lowest BCUT2D eigenvalue weighted by Gasteiger charge is -2.22. The third-order valence-corrected chi connectivity index (χ3v) is 6.22. The molecule has 0 aliphatic rings. The van der Waals surface area contributed by atoms with E-state index in [1.165, 1.54) is 0 Å². The Bertz CT molecular complexity index is 1490. The number of hydrogen-bond donors (Lipinski definition) is 6. The van der Waals surface area contributed by atoms with E-state index in [9.17, 15) is 4.79 Å². The zero-order valence-corrected chi connectivity index (χ0v) is 24.2. The summed E-state index contributed by atoms with van der Waals surface area (Å²) in [5.41, 5.74) is 16.2. The Morgan fingerprint density at radius 3 is 2.16 bits per heavy atom. The van der Waals surface area contributed by atoms with E-state index in [0.717, 1.165) is 18.1 Å². The second-order valence-electron chi connectivity index (χ2n) is 9.55. The average molecular weight is 584 g/mol. The summed E-state index contributed by atoms with van der Waals surface area (Å²) < 4.78 is 11.6. The molecule has 1 unspecified atom stereocenters. The molecule has 224 valence electrons. The minimum absolute atomic E-state index is 0.0191. The van der Waals surface area contributed by atoms with Crippen LogP contribution in [0.1, 0.15) is 35.2 Å². The first-order valence-corrected chi connectivity index (χ1v) is 13.5. The number of amidine groups is 1. The van der Waals surface area contributed by atoms with Crippen molar-refractivity contribution >= 4 is 29.1 Å². The summed E-state index contributed by atoms with van der Waals surface area (Å²) in [6.45, 7) is 1.94. The van der Waals surface area contributed by atoms with Crippen molar-refractivity contribution in [2.24, 2.45) is 5.73 Å². The number of amides is 1. The van der Waals surface area contributed by atoms with Gasteiger partial charge in [0.15, 0.2) is 11.5 Å². The number of nitrogen functional groups attached to an aromatic ring is 2. The van der Waals surface area contributed by atoms with Gasteiger partial charge in [0, 0.05) is 30.4 Å². The molecule has 1 amide bonds. The van der Waals surface area contributed by atoms with E-state index in [1.807, 2.05) is 72.8 Å². The van der Waals surface area contributed by atoms with Gasteiger partial charge in [-0.15, -0.1) is 0 Å². The summed E-state index contributed by atoms with van der Waals surface area (Å²) in [5, 5.41) is 21.4. The topological polar surface area (TPSA) is 173 Å². The molecule has 4 aromatic rings. The molecule has 10 nitrogen and oxygen atoms in total. The lowest BCUT2D eigenvalue weighted by atomic mass is 10.0. The Morgan fingerprint density at radius 1 is 0.907 bits per heavy atom. The van der Waals surface area contributed by atoms with Gasteiger partial charge in [0.05, 0.1) is 7.11 Å². The molecule has 0 aliphatic carbocycles. The summed E-state index contributed by atoms with van der Waals surface area (Å²) in [7, 11) is 1.57. The summed E-state index contributed by atoms with van der Waals surface area (Å²) >= 11 is 0. The molecule has 43 heavy (non-hydrogen) atoms. The predicted octanol–water partition coefficient (Wildman–Crippen LogP) is 4.74. The highest BCUT2D eigenvalue weighted by molar-refractivity contribution is 5.95. The Balaban J connectivity index is 0.00000119. The number of carboxylic acid groups (broad SMARTS) is 1. The van der Waals surface area contributed by atoms with Gasteiger partial charge in [-0.3, -0.25) is 15.0 Å². The maximum absolute atomic E-state index is 13.4. The zero-order valence-electron chi connectivity index (χ0n) is 24.2. The monoisotopic (exact) mass is 583 g/mol. The number of anilines is 2. The lowest BCUT2D eigenvalue weighted by molar-refractivity contribution is -0.134. The highest BCUT2D eigenvalue weighted by atomic mass is 16.5. The third-order valence-electron chi connectivity index (χ3n) is 6.22. The van der Waals surface area contributed by atoms with Crippen LogP contribution >= 0.6 is 0 Å². The molecule has 0 aliphatic heterocycles. The highest BCUT2D eigenvalue weighted by Crippen LogP contribution is 2.32. The molecular weight excluding hydrogens is 546 g/mol. The van der Waals surface area contributed by atoms with Gasteiger partial charge in [-0.2, -0.15) is 0 Å². The number of methoxy groups -OCH3 is 1. The Labute approximate surface area is 251 Å². The Hall–Kier alpha value is -5.51. The standard InChI is InChI=1S/C31H33N5O3.C2H4O2/c1-38-28-19-24(11-16-27(28)39-20-22-5-3-2-4-6-22)29(36-26-14-9-23(10-15-26)30(33)34)31(37)35-18-17-21-7-12-25(32)13-8-21;1-2(3)4/h2-16,19,29,36H,17-18,20,32H2,1H3,(H3,33,34)(H,35,37);1H3,(H,3,4). The summed E-state index contributed by atoms with van der Waals surface area (Å²) in [4.78, 5) is 22.4. The molecule has 0 bridgehead atoms. The van der Waals surface area contributed by atoms with E-state index in [0.29, 0.717) is 53.6 Å². The van der Waals surface area contributed by atoms with Crippen LogP contribution < -0.4 is 31.6 Å². The van der Waals surface area contributed by atoms with Gasteiger partial charge in [-0.25, -0.2) is 0 Å². The van der Waals surface area contributed by atoms with Crippen molar-refractivity contribution in [3.8, 4) is 11.5 Å². The van der Waals surface area contributed by atoms with Crippen molar-refractivity contribution < 1.29 is 24.2 Å². The number of rotatable bonds is 12. The van der Waals surface area contributed by atoms with Crippen LogP contribution in [0.4, 0.5) is 11.4 Å². The first-order chi connectivity index (χ1) is 20.7. The van der Waals surface area contributed by atoms with Crippen LogP contribution in [0.5, 0.6) is 11.5 Å². The molecule has 8 N–H and O–H groups in total. The predicted molar refractivity (Wildman–Crippen MR) is 168 cm³/mol.